The number of aliphatic carboxylic acids is 1. The number of carboxylic acids is 1. The van der Waals surface area contributed by atoms with Crippen molar-refractivity contribution in [3.63, 3.8) is 0 Å². The molecule has 0 aliphatic carbocycles. The highest BCUT2D eigenvalue weighted by atomic mass is 127. The second kappa shape index (κ2) is 6.96. The molecule has 0 fully saturated rings. The van der Waals surface area contributed by atoms with E-state index in [0.717, 1.165) is 0 Å². The molecule has 0 saturated heterocycles. The summed E-state index contributed by atoms with van der Waals surface area (Å²) >= 11 is 2.41. The molecule has 1 unspecified atom stereocenters. The quantitative estimate of drug-likeness (QED) is 0.263. The second-order valence-electron chi connectivity index (χ2n) is 2.20. The van der Waals surface area contributed by atoms with E-state index in [1.54, 1.807) is 0 Å². The van der Waals surface area contributed by atoms with Gasteiger partial charge in [0, 0.05) is 0 Å². The maximum atomic E-state index is 11.7. The molecule has 0 aromatic rings. The molecular weight excluding hydrogens is 461 g/mol. The summed E-state index contributed by atoms with van der Waals surface area (Å²) in [5, 5.41) is 16.5. The zero-order valence-electron chi connectivity index (χ0n) is 6.83. The van der Waals surface area contributed by atoms with Gasteiger partial charge in [-0.3, -0.25) is 14.2 Å². The molecule has 0 heterocycles. The lowest BCUT2D eigenvalue weighted by atomic mass is 10.3. The summed E-state index contributed by atoms with van der Waals surface area (Å²) in [5.41, 5.74) is -1.71. The minimum absolute atomic E-state index is 0.845. The fourth-order valence-corrected chi connectivity index (χ4v) is 4.61. The van der Waals surface area contributed by atoms with E-state index in [1.807, 2.05) is 0 Å². The van der Waals surface area contributed by atoms with E-state index in [4.69, 9.17) is 10.4 Å². The van der Waals surface area contributed by atoms with Crippen molar-refractivity contribution < 1.29 is 35.1 Å². The summed E-state index contributed by atoms with van der Waals surface area (Å²) in [6.45, 7) is 0. The Morgan fingerprint density at radius 1 is 1.33 bits per heavy atom. The Hall–Kier alpha value is 0.510. The summed E-state index contributed by atoms with van der Waals surface area (Å²) in [5.74, 6) is -2.80. The molecule has 2 N–H and O–H groups in total. The summed E-state index contributed by atoms with van der Waals surface area (Å²) in [6, 6.07) is 0. The van der Waals surface area contributed by atoms with E-state index in [2.05, 4.69) is 10.6 Å². The Kier molecular flexibility index (Phi) is 7.19. The molecule has 11 heteroatoms. The van der Waals surface area contributed by atoms with Crippen molar-refractivity contribution in [2.75, 3.05) is 0 Å². The first-order valence-electron chi connectivity index (χ1n) is 3.18. The smallest absolute Gasteiger partial charge is 0.364 e. The summed E-state index contributed by atoms with van der Waals surface area (Å²) in [7, 11) is -3.96. The van der Waals surface area contributed by atoms with E-state index in [-0.39, 0.29) is 0 Å². The summed E-state index contributed by atoms with van der Waals surface area (Å²) in [4.78, 5) is 24.6. The number of halogens is 2. The van der Waals surface area contributed by atoms with Crippen molar-refractivity contribution in [3.05, 3.63) is 0 Å². The molecule has 0 amide bonds. The van der Waals surface area contributed by atoms with Gasteiger partial charge in [-0.2, -0.15) is 5.26 Å². The fourth-order valence-electron chi connectivity index (χ4n) is 0.657. The van der Waals surface area contributed by atoms with Crippen molar-refractivity contribution in [1.29, 1.82) is 0 Å². The summed E-state index contributed by atoms with van der Waals surface area (Å²) < 4.78 is 20.4. The monoisotopic (exact) mass is 466 g/mol. The molecule has 0 spiro atoms. The Balaban J connectivity index is 4.99. The standard InChI is InChI=1S/C4H5I2O8P/c5-13-15(11,14-6)2(1-3(7)8)4(9)12-10/h2,10H,1H2,(H,7,8). The van der Waals surface area contributed by atoms with Gasteiger partial charge in [0.15, 0.2) is 5.66 Å². The van der Waals surface area contributed by atoms with Crippen LogP contribution in [0.4, 0.5) is 0 Å². The highest BCUT2D eigenvalue weighted by molar-refractivity contribution is 14.1. The lowest BCUT2D eigenvalue weighted by Crippen LogP contribution is -2.26. The first kappa shape index (κ1) is 15.5. The van der Waals surface area contributed by atoms with Gasteiger partial charge in [-0.15, -0.1) is 0 Å². The molecule has 1 atom stereocenters. The maximum absolute atomic E-state index is 11.7. The number of rotatable bonds is 6. The zero-order chi connectivity index (χ0) is 12.1. The Morgan fingerprint density at radius 2 is 1.80 bits per heavy atom. The van der Waals surface area contributed by atoms with Crippen molar-refractivity contribution in [2.24, 2.45) is 0 Å². The van der Waals surface area contributed by atoms with Gasteiger partial charge in [0.05, 0.1) is 6.42 Å². The molecule has 0 aromatic heterocycles. The number of carboxylic acid groups (broad SMARTS) is 1. The topological polar surface area (TPSA) is 119 Å². The van der Waals surface area contributed by atoms with Crippen LogP contribution in [-0.2, 0) is 24.7 Å². The van der Waals surface area contributed by atoms with Crippen LogP contribution in [0.3, 0.4) is 0 Å². The molecule has 88 valence electrons. The average molecular weight is 466 g/mol. The highest BCUT2D eigenvalue weighted by Crippen LogP contribution is 2.58. The zero-order valence-corrected chi connectivity index (χ0v) is 12.0. The van der Waals surface area contributed by atoms with Gasteiger partial charge in [-0.1, -0.05) is 0 Å². The van der Waals surface area contributed by atoms with Crippen molar-refractivity contribution >= 4 is 65.5 Å². The molecule has 0 radical (unpaired) electrons. The third kappa shape index (κ3) is 4.48. The van der Waals surface area contributed by atoms with Crippen molar-refractivity contribution in [2.45, 2.75) is 12.1 Å². The fraction of sp³-hybridized carbons (Fsp3) is 0.500. The number of carbonyl (C=O) groups is 2. The third-order valence-electron chi connectivity index (χ3n) is 1.30. The van der Waals surface area contributed by atoms with Crippen LogP contribution in [0.2, 0.25) is 0 Å². The van der Waals surface area contributed by atoms with E-state index in [1.165, 1.54) is 46.0 Å². The molecule has 8 nitrogen and oxygen atoms in total. The molecular formula is C4H5I2O8P. The van der Waals surface area contributed by atoms with Gasteiger partial charge < -0.3 is 5.11 Å². The normalized spacial score (nSPS) is 13.3. The van der Waals surface area contributed by atoms with Crippen LogP contribution in [0.25, 0.3) is 0 Å². The predicted octanol–water partition coefficient (Wildman–Crippen LogP) is 1.77. The van der Waals surface area contributed by atoms with Crippen LogP contribution in [0, 0.1) is 0 Å². The van der Waals surface area contributed by atoms with Crippen LogP contribution >= 0.6 is 53.6 Å². The first-order valence-corrected chi connectivity index (χ1v) is 6.56. The van der Waals surface area contributed by atoms with Gasteiger partial charge in [0.1, 0.15) is 46.0 Å². The van der Waals surface area contributed by atoms with E-state index < -0.39 is 31.6 Å². The molecule has 0 saturated carbocycles. The SMILES string of the molecule is O=C(O)CC(C(=O)OO)P(=O)(OI)OI. The largest absolute Gasteiger partial charge is 0.481 e. The van der Waals surface area contributed by atoms with Crippen LogP contribution in [0.15, 0.2) is 0 Å². The molecule has 0 rings (SSSR count). The Morgan fingerprint density at radius 3 is 2.07 bits per heavy atom. The van der Waals surface area contributed by atoms with Gasteiger partial charge in [-0.05, 0) is 0 Å². The first-order chi connectivity index (χ1) is 6.91. The van der Waals surface area contributed by atoms with Crippen LogP contribution < -0.4 is 0 Å². The van der Waals surface area contributed by atoms with E-state index in [0.29, 0.717) is 0 Å². The molecule has 15 heavy (non-hydrogen) atoms. The van der Waals surface area contributed by atoms with E-state index >= 15 is 0 Å². The maximum Gasteiger partial charge on any atom is 0.364 e. The van der Waals surface area contributed by atoms with Crippen LogP contribution in [0.1, 0.15) is 6.42 Å². The number of hydrogen-bond donors (Lipinski definition) is 2. The molecule has 0 aliphatic heterocycles. The minimum atomic E-state index is -3.96. The lowest BCUT2D eigenvalue weighted by molar-refractivity contribution is -0.234. The van der Waals surface area contributed by atoms with Crippen LogP contribution in [0.5, 0.6) is 0 Å². The average Bonchev–Trinajstić information content (AvgIpc) is 2.23. The van der Waals surface area contributed by atoms with Gasteiger partial charge in [0.25, 0.3) is 0 Å². The minimum Gasteiger partial charge on any atom is -0.481 e. The van der Waals surface area contributed by atoms with Gasteiger partial charge in [0.2, 0.25) is 0 Å². The summed E-state index contributed by atoms with van der Waals surface area (Å²) in [6.07, 6.45) is -0.845. The molecule has 0 aromatic carbocycles. The third-order valence-corrected chi connectivity index (χ3v) is 6.14. The second-order valence-corrected chi connectivity index (χ2v) is 6.54. The predicted molar refractivity (Wildman–Crippen MR) is 62.6 cm³/mol. The number of hydrogen-bond acceptors (Lipinski definition) is 7. The number of carbonyl (C=O) groups excluding carboxylic acids is 1. The Labute approximate surface area is 112 Å². The van der Waals surface area contributed by atoms with E-state index in [9.17, 15) is 14.2 Å². The van der Waals surface area contributed by atoms with Crippen molar-refractivity contribution in [3.8, 4) is 0 Å². The molecule has 0 bridgehead atoms. The highest BCUT2D eigenvalue weighted by Gasteiger charge is 2.44. The van der Waals surface area contributed by atoms with Gasteiger partial charge in [-0.25, -0.2) is 10.5 Å². The molecule has 0 aliphatic rings. The van der Waals surface area contributed by atoms with Gasteiger partial charge >= 0.3 is 19.5 Å². The van der Waals surface area contributed by atoms with Crippen LogP contribution in [-0.4, -0.2) is 28.0 Å². The van der Waals surface area contributed by atoms with Crippen molar-refractivity contribution in [1.82, 2.24) is 0 Å². The Bertz CT molecular complexity index is 284. The lowest BCUT2D eigenvalue weighted by Gasteiger charge is -2.17.